The number of rotatable bonds is 8. The minimum absolute atomic E-state index is 0.0183. The van der Waals surface area contributed by atoms with E-state index in [1.807, 2.05) is 23.6 Å². The maximum absolute atomic E-state index is 13.6. The lowest BCUT2D eigenvalue weighted by Crippen LogP contribution is -2.57. The van der Waals surface area contributed by atoms with E-state index in [2.05, 4.69) is 15.3 Å². The Labute approximate surface area is 243 Å². The van der Waals surface area contributed by atoms with Gasteiger partial charge in [-0.3, -0.25) is 4.90 Å². The van der Waals surface area contributed by atoms with Crippen LogP contribution in [0, 0.1) is 0 Å². The van der Waals surface area contributed by atoms with Crippen LogP contribution in [0.25, 0.3) is 0 Å². The molecule has 0 bridgehead atoms. The molecule has 0 aliphatic carbocycles. The summed E-state index contributed by atoms with van der Waals surface area (Å²) < 4.78 is 46.4. The molecule has 224 valence electrons. The standard InChI is InChI=1S/C28H36ClF3N6O3/c1-5-21-12-23(13-22(6-2)38(21)27(40)41-17(3)4)37(16-18-9-19(28(30,31)32)11-20(29)10-18)25-34-14-24(15-35-25)36-8-7-33-26(36)39/h9-11,14-15,17,21-23H,5-8,12-13,16H2,1-4H3,(H,33,39). The normalized spacial score (nSPS) is 21.3. The van der Waals surface area contributed by atoms with Crippen molar-refractivity contribution in [3.8, 4) is 0 Å². The third kappa shape index (κ3) is 7.14. The first-order chi connectivity index (χ1) is 19.4. The molecule has 2 aliphatic heterocycles. The zero-order valence-electron chi connectivity index (χ0n) is 23.6. The van der Waals surface area contributed by atoms with E-state index in [0.29, 0.717) is 56.0 Å². The summed E-state index contributed by atoms with van der Waals surface area (Å²) in [5.74, 6) is 0.315. The Balaban J connectivity index is 1.70. The van der Waals surface area contributed by atoms with Crippen LogP contribution in [-0.4, -0.2) is 64.3 Å². The molecule has 2 atom stereocenters. The van der Waals surface area contributed by atoms with Crippen LogP contribution in [0.15, 0.2) is 30.6 Å². The summed E-state index contributed by atoms with van der Waals surface area (Å²) in [6.45, 7) is 8.67. The molecule has 4 rings (SSSR count). The second-order valence-corrected chi connectivity index (χ2v) is 11.1. The zero-order valence-corrected chi connectivity index (χ0v) is 24.4. The highest BCUT2D eigenvalue weighted by Gasteiger charge is 2.41. The summed E-state index contributed by atoms with van der Waals surface area (Å²) in [6.07, 6.45) is 0.354. The highest BCUT2D eigenvalue weighted by molar-refractivity contribution is 6.30. The molecule has 41 heavy (non-hydrogen) atoms. The van der Waals surface area contributed by atoms with Gasteiger partial charge in [0.05, 0.1) is 29.7 Å². The summed E-state index contributed by atoms with van der Waals surface area (Å²) in [5.41, 5.74) is 0.0504. The first-order valence-corrected chi connectivity index (χ1v) is 14.3. The maximum Gasteiger partial charge on any atom is 0.416 e. The van der Waals surface area contributed by atoms with Crippen LogP contribution >= 0.6 is 11.6 Å². The van der Waals surface area contributed by atoms with Gasteiger partial charge in [-0.1, -0.05) is 25.4 Å². The number of benzene rings is 1. The van der Waals surface area contributed by atoms with Gasteiger partial charge in [0.1, 0.15) is 0 Å². The highest BCUT2D eigenvalue weighted by atomic mass is 35.5. The molecule has 0 radical (unpaired) electrons. The molecular weight excluding hydrogens is 561 g/mol. The summed E-state index contributed by atoms with van der Waals surface area (Å²) in [5, 5.41) is 2.72. The number of likely N-dealkylation sites (tertiary alicyclic amines) is 1. The van der Waals surface area contributed by atoms with Crippen LogP contribution in [0.5, 0.6) is 0 Å². The third-order valence-electron chi connectivity index (χ3n) is 7.49. The molecule has 0 saturated carbocycles. The van der Waals surface area contributed by atoms with Gasteiger partial charge in [-0.25, -0.2) is 19.6 Å². The lowest BCUT2D eigenvalue weighted by Gasteiger charge is -2.47. The number of anilines is 2. The lowest BCUT2D eigenvalue weighted by atomic mass is 9.87. The van der Waals surface area contributed by atoms with Crippen LogP contribution in [0.3, 0.4) is 0 Å². The van der Waals surface area contributed by atoms with Crippen molar-refractivity contribution in [1.29, 1.82) is 0 Å². The van der Waals surface area contributed by atoms with Crippen LogP contribution in [0.1, 0.15) is 64.5 Å². The van der Waals surface area contributed by atoms with Gasteiger partial charge in [-0.15, -0.1) is 0 Å². The van der Waals surface area contributed by atoms with E-state index in [1.54, 1.807) is 26.2 Å². The number of nitrogens with one attached hydrogen (secondary N) is 1. The second-order valence-electron chi connectivity index (χ2n) is 10.7. The average molecular weight is 597 g/mol. The van der Waals surface area contributed by atoms with E-state index in [4.69, 9.17) is 16.3 Å². The van der Waals surface area contributed by atoms with Crippen molar-refractivity contribution in [3.63, 3.8) is 0 Å². The largest absolute Gasteiger partial charge is 0.447 e. The average Bonchev–Trinajstić information content (AvgIpc) is 3.35. The van der Waals surface area contributed by atoms with Crippen LogP contribution < -0.4 is 15.1 Å². The first kappa shape index (κ1) is 30.7. The Bertz CT molecular complexity index is 1220. The van der Waals surface area contributed by atoms with Gasteiger partial charge in [0.25, 0.3) is 0 Å². The first-order valence-electron chi connectivity index (χ1n) is 13.9. The molecule has 3 amide bonds. The molecular formula is C28H36ClF3N6O3. The molecule has 13 heteroatoms. The summed E-state index contributed by atoms with van der Waals surface area (Å²) in [7, 11) is 0. The molecule has 1 aromatic heterocycles. The quantitative estimate of drug-likeness (QED) is 0.387. The minimum atomic E-state index is -4.55. The number of alkyl halides is 3. The van der Waals surface area contributed by atoms with Gasteiger partial charge in [0, 0.05) is 42.8 Å². The van der Waals surface area contributed by atoms with Gasteiger partial charge in [-0.2, -0.15) is 13.2 Å². The Hall–Kier alpha value is -3.28. The molecule has 2 aromatic rings. The fourth-order valence-electron chi connectivity index (χ4n) is 5.58. The van der Waals surface area contributed by atoms with Gasteiger partial charge >= 0.3 is 18.3 Å². The number of nitrogens with zero attached hydrogens (tertiary/aromatic N) is 5. The van der Waals surface area contributed by atoms with Crippen molar-refractivity contribution in [2.45, 2.75) is 90.3 Å². The van der Waals surface area contributed by atoms with Crippen molar-refractivity contribution in [2.24, 2.45) is 0 Å². The summed E-state index contributed by atoms with van der Waals surface area (Å²) >= 11 is 6.11. The third-order valence-corrected chi connectivity index (χ3v) is 7.71. The van der Waals surface area contributed by atoms with E-state index < -0.39 is 11.7 Å². The van der Waals surface area contributed by atoms with Crippen LogP contribution in [-0.2, 0) is 17.5 Å². The number of ether oxygens (including phenoxy) is 1. The maximum atomic E-state index is 13.6. The molecule has 2 aliphatic rings. The van der Waals surface area contributed by atoms with Gasteiger partial charge in [0.2, 0.25) is 5.95 Å². The van der Waals surface area contributed by atoms with Crippen LogP contribution in [0.4, 0.5) is 34.4 Å². The van der Waals surface area contributed by atoms with Crippen molar-refractivity contribution >= 4 is 35.4 Å². The van der Waals surface area contributed by atoms with Crippen molar-refractivity contribution in [1.82, 2.24) is 20.2 Å². The van der Waals surface area contributed by atoms with E-state index in [9.17, 15) is 22.8 Å². The Kier molecular flexibility index (Phi) is 9.51. The second kappa shape index (κ2) is 12.7. The van der Waals surface area contributed by atoms with E-state index >= 15 is 0 Å². The molecule has 9 nitrogen and oxygen atoms in total. The molecule has 1 aromatic carbocycles. The predicted octanol–water partition coefficient (Wildman–Crippen LogP) is 6.25. The highest BCUT2D eigenvalue weighted by Crippen LogP contribution is 2.36. The molecule has 1 N–H and O–H groups in total. The number of carbonyl (C=O) groups is 2. The smallest absolute Gasteiger partial charge is 0.416 e. The van der Waals surface area contributed by atoms with E-state index in [1.165, 1.54) is 11.0 Å². The molecule has 0 spiro atoms. The minimum Gasteiger partial charge on any atom is -0.447 e. The summed E-state index contributed by atoms with van der Waals surface area (Å²) in [6, 6.07) is 2.77. The summed E-state index contributed by atoms with van der Waals surface area (Å²) in [4.78, 5) is 39.5. The molecule has 2 unspecified atom stereocenters. The Morgan fingerprint density at radius 1 is 1.15 bits per heavy atom. The lowest BCUT2D eigenvalue weighted by molar-refractivity contribution is -0.137. The molecule has 2 fully saturated rings. The SMILES string of the molecule is CCC1CC(N(Cc2cc(Cl)cc(C(F)(F)F)c2)c2ncc(N3CCNC3=O)cn2)CC(CC)N1C(=O)OC(C)C. The van der Waals surface area contributed by atoms with Crippen LogP contribution in [0.2, 0.25) is 5.02 Å². The predicted molar refractivity (Wildman–Crippen MR) is 150 cm³/mol. The number of piperidine rings is 1. The van der Waals surface area contributed by atoms with Crippen molar-refractivity contribution in [2.75, 3.05) is 22.9 Å². The van der Waals surface area contributed by atoms with Gasteiger partial charge in [-0.05, 0) is 63.3 Å². The Morgan fingerprint density at radius 3 is 2.29 bits per heavy atom. The molecule has 3 heterocycles. The zero-order chi connectivity index (χ0) is 29.9. The fourth-order valence-corrected chi connectivity index (χ4v) is 5.83. The number of halogens is 4. The topological polar surface area (TPSA) is 90.9 Å². The Morgan fingerprint density at radius 2 is 1.78 bits per heavy atom. The number of hydrogen-bond acceptors (Lipinski definition) is 6. The van der Waals surface area contributed by atoms with Crippen molar-refractivity contribution in [3.05, 3.63) is 46.7 Å². The number of aromatic nitrogens is 2. The fraction of sp³-hybridized carbons (Fsp3) is 0.571. The van der Waals surface area contributed by atoms with E-state index in [-0.39, 0.29) is 47.9 Å². The number of amides is 3. The monoisotopic (exact) mass is 596 g/mol. The number of carbonyl (C=O) groups excluding carboxylic acids is 2. The molecule has 2 saturated heterocycles. The number of hydrogen-bond donors (Lipinski definition) is 1. The van der Waals surface area contributed by atoms with Crippen molar-refractivity contribution < 1.29 is 27.5 Å². The van der Waals surface area contributed by atoms with E-state index in [0.717, 1.165) is 12.1 Å². The van der Waals surface area contributed by atoms with Gasteiger partial charge in [0.15, 0.2) is 0 Å². The number of urea groups is 1. The van der Waals surface area contributed by atoms with Gasteiger partial charge < -0.3 is 19.9 Å².